The van der Waals surface area contributed by atoms with Crippen molar-refractivity contribution in [1.29, 1.82) is 0 Å². The first-order valence-corrected chi connectivity index (χ1v) is 11.6. The molecule has 35 heavy (non-hydrogen) atoms. The summed E-state index contributed by atoms with van der Waals surface area (Å²) in [5.41, 5.74) is 5.93. The number of aryl methyl sites for hydroxylation is 2. The van der Waals surface area contributed by atoms with Gasteiger partial charge in [-0.3, -0.25) is 4.79 Å². The summed E-state index contributed by atoms with van der Waals surface area (Å²) in [6.07, 6.45) is 4.70. The Kier molecular flexibility index (Phi) is 5.31. The highest BCUT2D eigenvalue weighted by Crippen LogP contribution is 2.30. The van der Waals surface area contributed by atoms with E-state index in [0.717, 1.165) is 52.0 Å². The Bertz CT molecular complexity index is 1580. The Balaban J connectivity index is 1.36. The predicted molar refractivity (Wildman–Crippen MR) is 138 cm³/mol. The second-order valence-electron chi connectivity index (χ2n) is 8.34. The molecule has 6 rings (SSSR count). The zero-order chi connectivity index (χ0) is 23.8. The average molecular weight is 482 g/mol. The molecule has 1 aliphatic rings. The molecular formula is C27H20ClN5O2. The number of amides is 1. The largest absolute Gasteiger partial charge is 0.464 e. The Labute approximate surface area is 206 Å². The number of nitrogens with zero attached hydrogens (tertiary/aromatic N) is 2. The van der Waals surface area contributed by atoms with Gasteiger partial charge in [-0.15, -0.1) is 0 Å². The molecule has 3 N–H and O–H groups in total. The molecule has 3 heterocycles. The lowest BCUT2D eigenvalue weighted by atomic mass is 10.0. The molecule has 1 aliphatic heterocycles. The average Bonchev–Trinajstić information content (AvgIpc) is 3.34. The van der Waals surface area contributed by atoms with Crippen LogP contribution in [0.3, 0.4) is 0 Å². The maximum absolute atomic E-state index is 13.1. The van der Waals surface area contributed by atoms with Crippen LogP contribution in [-0.4, -0.2) is 15.9 Å². The van der Waals surface area contributed by atoms with Gasteiger partial charge in [-0.25, -0.2) is 4.98 Å². The van der Waals surface area contributed by atoms with Gasteiger partial charge < -0.3 is 20.4 Å². The third-order valence-electron chi connectivity index (χ3n) is 5.94. The number of carbonyl (C=O) groups excluding carboxylic acids is 1. The number of furan rings is 1. The van der Waals surface area contributed by atoms with Gasteiger partial charge in [0.05, 0.1) is 12.5 Å². The molecule has 0 unspecified atom stereocenters. The van der Waals surface area contributed by atoms with Crippen LogP contribution in [0.5, 0.6) is 0 Å². The van der Waals surface area contributed by atoms with Gasteiger partial charge in [0.15, 0.2) is 5.82 Å². The summed E-state index contributed by atoms with van der Waals surface area (Å²) in [7, 11) is 0. The van der Waals surface area contributed by atoms with E-state index < -0.39 is 0 Å². The van der Waals surface area contributed by atoms with E-state index in [0.29, 0.717) is 22.4 Å². The monoisotopic (exact) mass is 481 g/mol. The molecule has 0 aliphatic carbocycles. The lowest BCUT2D eigenvalue weighted by Crippen LogP contribution is -2.13. The predicted octanol–water partition coefficient (Wildman–Crippen LogP) is 6.71. The van der Waals surface area contributed by atoms with Crippen LogP contribution in [0, 0.1) is 0 Å². The summed E-state index contributed by atoms with van der Waals surface area (Å²) in [6.45, 7) is 0. The van der Waals surface area contributed by atoms with E-state index in [2.05, 4.69) is 38.1 Å². The number of rotatable bonds is 2. The zero-order valence-corrected chi connectivity index (χ0v) is 19.3. The van der Waals surface area contributed by atoms with Crippen LogP contribution >= 0.6 is 11.6 Å². The van der Waals surface area contributed by atoms with E-state index in [9.17, 15) is 4.79 Å². The van der Waals surface area contributed by atoms with E-state index >= 15 is 0 Å². The number of halogens is 1. The minimum atomic E-state index is -0.178. The van der Waals surface area contributed by atoms with Crippen molar-refractivity contribution in [2.75, 3.05) is 16.0 Å². The molecule has 5 aromatic rings. The number of nitrogens with one attached hydrogen (secondary N) is 3. The number of anilines is 5. The third-order valence-corrected chi connectivity index (χ3v) is 6.22. The maximum Gasteiger partial charge on any atom is 0.255 e. The normalized spacial score (nSPS) is 12.5. The fourth-order valence-corrected chi connectivity index (χ4v) is 4.31. The first kappa shape index (κ1) is 21.2. The molecule has 7 nitrogen and oxygen atoms in total. The highest BCUT2D eigenvalue weighted by Gasteiger charge is 2.14. The minimum absolute atomic E-state index is 0.178. The Morgan fingerprint density at radius 2 is 1.89 bits per heavy atom. The standard InChI is InChI=1S/C27H20ClN5O2/c28-22-15-29-27-31-20-3-1-2-16(12-20)4-5-17-14-21(30-25(22)33-27)7-8-23(17)32-26(34)19-6-9-24-18(13-19)10-11-35-24/h1-3,6-15H,4-5H2,(H,32,34)(H2,29,30,31,33). The van der Waals surface area contributed by atoms with E-state index in [1.165, 1.54) is 0 Å². The van der Waals surface area contributed by atoms with Crippen molar-refractivity contribution in [2.45, 2.75) is 12.8 Å². The van der Waals surface area contributed by atoms with Gasteiger partial charge in [0.25, 0.3) is 5.91 Å². The quantitative estimate of drug-likeness (QED) is 0.259. The molecule has 0 spiro atoms. The number of carbonyl (C=O) groups is 1. The van der Waals surface area contributed by atoms with Gasteiger partial charge in [-0.05, 0) is 78.6 Å². The molecule has 1 amide bonds. The lowest BCUT2D eigenvalue weighted by Gasteiger charge is -2.15. The van der Waals surface area contributed by atoms with Crippen molar-refractivity contribution < 1.29 is 9.21 Å². The molecule has 3 aromatic carbocycles. The minimum Gasteiger partial charge on any atom is -0.464 e. The molecular weight excluding hydrogens is 462 g/mol. The van der Waals surface area contributed by atoms with Crippen molar-refractivity contribution in [2.24, 2.45) is 0 Å². The summed E-state index contributed by atoms with van der Waals surface area (Å²) in [4.78, 5) is 21.9. The molecule has 2 aromatic heterocycles. The lowest BCUT2D eigenvalue weighted by molar-refractivity contribution is 0.102. The molecule has 0 saturated carbocycles. The van der Waals surface area contributed by atoms with Crippen molar-refractivity contribution in [3.05, 3.63) is 101 Å². The Morgan fingerprint density at radius 3 is 2.83 bits per heavy atom. The van der Waals surface area contributed by atoms with Crippen LogP contribution in [-0.2, 0) is 12.8 Å². The number of benzene rings is 3. The molecule has 0 saturated heterocycles. The topological polar surface area (TPSA) is 92.1 Å². The Hall–Kier alpha value is -4.36. The number of aromatic nitrogens is 2. The van der Waals surface area contributed by atoms with E-state index in [-0.39, 0.29) is 5.91 Å². The first-order chi connectivity index (χ1) is 17.1. The Morgan fingerprint density at radius 1 is 0.971 bits per heavy atom. The fourth-order valence-electron chi connectivity index (χ4n) is 4.17. The fraction of sp³-hybridized carbons (Fsp3) is 0.0741. The summed E-state index contributed by atoms with van der Waals surface area (Å²) in [5, 5.41) is 10.9. The SMILES string of the molecule is O=C(Nc1ccc2cc1CCc1cccc(c1)Nc1ncc(Cl)c(n1)N2)c1ccc2occc2c1. The second kappa shape index (κ2) is 8.77. The van der Waals surface area contributed by atoms with E-state index in [4.69, 9.17) is 16.0 Å². The van der Waals surface area contributed by atoms with Crippen molar-refractivity contribution in [3.8, 4) is 0 Å². The highest BCUT2D eigenvalue weighted by atomic mass is 35.5. The van der Waals surface area contributed by atoms with Crippen molar-refractivity contribution >= 4 is 57.3 Å². The summed E-state index contributed by atoms with van der Waals surface area (Å²) in [5.74, 6) is 0.769. The van der Waals surface area contributed by atoms with Gasteiger partial charge in [0, 0.05) is 28.0 Å². The van der Waals surface area contributed by atoms with Gasteiger partial charge in [-0.2, -0.15) is 4.98 Å². The van der Waals surface area contributed by atoms with Crippen molar-refractivity contribution in [3.63, 3.8) is 0 Å². The van der Waals surface area contributed by atoms with Crippen LogP contribution in [0.2, 0.25) is 5.02 Å². The van der Waals surface area contributed by atoms with Crippen LogP contribution in [0.25, 0.3) is 11.0 Å². The third kappa shape index (κ3) is 4.41. The smallest absolute Gasteiger partial charge is 0.255 e. The molecule has 0 fully saturated rings. The number of hydrogen-bond donors (Lipinski definition) is 3. The molecule has 172 valence electrons. The summed E-state index contributed by atoms with van der Waals surface area (Å²) < 4.78 is 5.38. The van der Waals surface area contributed by atoms with Crippen LogP contribution in [0.4, 0.5) is 28.8 Å². The number of fused-ring (bicyclic) bond motifs is 7. The van der Waals surface area contributed by atoms with Crippen LogP contribution < -0.4 is 16.0 Å². The van der Waals surface area contributed by atoms with Crippen LogP contribution in [0.1, 0.15) is 21.5 Å². The van der Waals surface area contributed by atoms with Gasteiger partial charge in [0.1, 0.15) is 10.6 Å². The van der Waals surface area contributed by atoms with Gasteiger partial charge >= 0.3 is 0 Å². The molecule has 6 bridgehead atoms. The first-order valence-electron chi connectivity index (χ1n) is 11.2. The highest BCUT2D eigenvalue weighted by molar-refractivity contribution is 6.32. The molecule has 8 heteroatoms. The zero-order valence-electron chi connectivity index (χ0n) is 18.5. The second-order valence-corrected chi connectivity index (χ2v) is 8.75. The van der Waals surface area contributed by atoms with E-state index in [1.807, 2.05) is 42.5 Å². The molecule has 0 radical (unpaired) electrons. The van der Waals surface area contributed by atoms with E-state index in [1.54, 1.807) is 24.6 Å². The molecule has 0 atom stereocenters. The maximum atomic E-state index is 13.1. The van der Waals surface area contributed by atoms with Gasteiger partial charge in [0.2, 0.25) is 5.95 Å². The summed E-state index contributed by atoms with van der Waals surface area (Å²) in [6, 6.07) is 21.2. The van der Waals surface area contributed by atoms with Crippen molar-refractivity contribution in [1.82, 2.24) is 9.97 Å². The van der Waals surface area contributed by atoms with Gasteiger partial charge in [-0.1, -0.05) is 23.7 Å². The number of hydrogen-bond acceptors (Lipinski definition) is 6. The summed E-state index contributed by atoms with van der Waals surface area (Å²) >= 11 is 6.36. The van der Waals surface area contributed by atoms with Crippen LogP contribution in [0.15, 0.2) is 83.6 Å².